The van der Waals surface area contributed by atoms with Crippen LogP contribution in [0.1, 0.15) is 10.4 Å². The molecule has 0 atom stereocenters. The van der Waals surface area contributed by atoms with Gasteiger partial charge in [-0.1, -0.05) is 23.7 Å². The second kappa shape index (κ2) is 5.31. The molecule has 20 heavy (non-hydrogen) atoms. The van der Waals surface area contributed by atoms with Crippen LogP contribution in [0.4, 0.5) is 0 Å². The molecule has 1 aromatic heterocycles. The van der Waals surface area contributed by atoms with Gasteiger partial charge in [-0.05, 0) is 36.4 Å². The van der Waals surface area contributed by atoms with E-state index in [-0.39, 0.29) is 0 Å². The molecular weight excluding hydrogens is 274 g/mol. The summed E-state index contributed by atoms with van der Waals surface area (Å²) in [6.45, 7) is 0. The van der Waals surface area contributed by atoms with Gasteiger partial charge >= 0.3 is 0 Å². The third-order valence-electron chi connectivity index (χ3n) is 2.93. The van der Waals surface area contributed by atoms with Crippen molar-refractivity contribution in [1.82, 2.24) is 4.98 Å². The average molecular weight is 284 g/mol. The van der Waals surface area contributed by atoms with Gasteiger partial charge in [0.05, 0.1) is 6.20 Å². The molecule has 0 saturated carbocycles. The van der Waals surface area contributed by atoms with Crippen LogP contribution in [-0.2, 0) is 0 Å². The van der Waals surface area contributed by atoms with Gasteiger partial charge in [-0.2, -0.15) is 0 Å². The Bertz CT molecular complexity index is 730. The van der Waals surface area contributed by atoms with Crippen LogP contribution >= 0.6 is 11.6 Å². The molecule has 98 valence electrons. The van der Waals surface area contributed by atoms with E-state index in [1.165, 1.54) is 0 Å². The number of oxazole rings is 1. The summed E-state index contributed by atoms with van der Waals surface area (Å²) in [7, 11) is 0. The number of nitrogens with zero attached hydrogens (tertiary/aromatic N) is 1. The smallest absolute Gasteiger partial charge is 0.226 e. The zero-order valence-corrected chi connectivity index (χ0v) is 11.2. The summed E-state index contributed by atoms with van der Waals surface area (Å²) in [5, 5.41) is 0.679. The van der Waals surface area contributed by atoms with Crippen molar-refractivity contribution in [3.05, 3.63) is 65.3 Å². The van der Waals surface area contributed by atoms with Crippen molar-refractivity contribution in [3.8, 4) is 22.8 Å². The third-order valence-corrected chi connectivity index (χ3v) is 3.18. The van der Waals surface area contributed by atoms with Crippen molar-refractivity contribution in [1.29, 1.82) is 0 Å². The molecule has 0 radical (unpaired) electrons. The predicted molar refractivity (Wildman–Crippen MR) is 77.8 cm³/mol. The van der Waals surface area contributed by atoms with Gasteiger partial charge < -0.3 is 4.42 Å². The van der Waals surface area contributed by atoms with Crippen molar-refractivity contribution in [2.45, 2.75) is 0 Å². The Morgan fingerprint density at radius 2 is 1.60 bits per heavy atom. The lowest BCUT2D eigenvalue weighted by molar-refractivity contribution is 0.112. The van der Waals surface area contributed by atoms with E-state index < -0.39 is 0 Å². The van der Waals surface area contributed by atoms with Gasteiger partial charge in [0.1, 0.15) is 6.29 Å². The highest BCUT2D eigenvalue weighted by Crippen LogP contribution is 2.26. The number of benzene rings is 2. The summed E-state index contributed by atoms with van der Waals surface area (Å²) in [6.07, 6.45) is 2.48. The number of rotatable bonds is 3. The molecule has 0 N–H and O–H groups in total. The van der Waals surface area contributed by atoms with Gasteiger partial charge in [0.25, 0.3) is 0 Å². The monoisotopic (exact) mass is 283 g/mol. The Morgan fingerprint density at radius 1 is 0.950 bits per heavy atom. The lowest BCUT2D eigenvalue weighted by Crippen LogP contribution is -1.80. The number of halogens is 1. The van der Waals surface area contributed by atoms with Gasteiger partial charge in [0, 0.05) is 21.7 Å². The van der Waals surface area contributed by atoms with E-state index in [9.17, 15) is 4.79 Å². The summed E-state index contributed by atoms with van der Waals surface area (Å²) >= 11 is 5.85. The normalized spacial score (nSPS) is 10.4. The highest BCUT2D eigenvalue weighted by molar-refractivity contribution is 6.30. The molecule has 0 amide bonds. The molecule has 0 unspecified atom stereocenters. The standard InChI is InChI=1S/C16H10ClNO2/c17-14-7-5-12(6-8-14)15-9-18-16(20-15)13-3-1-11(10-19)2-4-13/h1-10H. The Balaban J connectivity index is 1.92. The molecule has 3 nitrogen and oxygen atoms in total. The minimum Gasteiger partial charge on any atom is -0.436 e. The number of aldehydes is 1. The number of aromatic nitrogens is 1. The maximum absolute atomic E-state index is 10.6. The molecule has 0 spiro atoms. The fourth-order valence-corrected chi connectivity index (χ4v) is 1.99. The van der Waals surface area contributed by atoms with Crippen molar-refractivity contribution in [2.75, 3.05) is 0 Å². The van der Waals surface area contributed by atoms with Gasteiger partial charge in [0.2, 0.25) is 5.89 Å². The molecule has 0 aliphatic carbocycles. The summed E-state index contributed by atoms with van der Waals surface area (Å²) in [5.74, 6) is 1.20. The molecule has 0 fully saturated rings. The van der Waals surface area contributed by atoms with Crippen molar-refractivity contribution < 1.29 is 9.21 Å². The van der Waals surface area contributed by atoms with Crippen LogP contribution in [0.15, 0.2) is 59.1 Å². The minimum absolute atomic E-state index is 0.521. The van der Waals surface area contributed by atoms with E-state index in [0.29, 0.717) is 22.2 Å². The molecule has 4 heteroatoms. The summed E-state index contributed by atoms with van der Waals surface area (Å²) < 4.78 is 5.73. The SMILES string of the molecule is O=Cc1ccc(-c2ncc(-c3ccc(Cl)cc3)o2)cc1. The molecule has 3 aromatic rings. The number of hydrogen-bond donors (Lipinski definition) is 0. The Kier molecular flexibility index (Phi) is 3.35. The topological polar surface area (TPSA) is 43.1 Å². The number of hydrogen-bond acceptors (Lipinski definition) is 3. The van der Waals surface area contributed by atoms with Crippen molar-refractivity contribution in [2.24, 2.45) is 0 Å². The second-order valence-electron chi connectivity index (χ2n) is 4.28. The van der Waals surface area contributed by atoms with E-state index >= 15 is 0 Å². The van der Waals surface area contributed by atoms with Crippen LogP contribution in [0.25, 0.3) is 22.8 Å². The second-order valence-corrected chi connectivity index (χ2v) is 4.71. The third kappa shape index (κ3) is 2.49. The van der Waals surface area contributed by atoms with E-state index in [1.54, 1.807) is 42.6 Å². The minimum atomic E-state index is 0.521. The largest absolute Gasteiger partial charge is 0.436 e. The van der Waals surface area contributed by atoms with Crippen LogP contribution in [0.3, 0.4) is 0 Å². The van der Waals surface area contributed by atoms with Crippen molar-refractivity contribution >= 4 is 17.9 Å². The first-order valence-corrected chi connectivity index (χ1v) is 6.41. The highest BCUT2D eigenvalue weighted by atomic mass is 35.5. The van der Waals surface area contributed by atoms with Gasteiger partial charge in [-0.3, -0.25) is 4.79 Å². The highest BCUT2D eigenvalue weighted by Gasteiger charge is 2.08. The first-order chi connectivity index (χ1) is 9.76. The van der Waals surface area contributed by atoms with Gasteiger partial charge in [-0.15, -0.1) is 0 Å². The lowest BCUT2D eigenvalue weighted by Gasteiger charge is -1.97. The first kappa shape index (κ1) is 12.6. The number of carbonyl (C=O) groups excluding carboxylic acids is 1. The van der Waals surface area contributed by atoms with Crippen molar-refractivity contribution in [3.63, 3.8) is 0 Å². The molecule has 0 saturated heterocycles. The molecular formula is C16H10ClNO2. The van der Waals surface area contributed by atoms with Gasteiger partial charge in [0.15, 0.2) is 5.76 Å². The van der Waals surface area contributed by atoms with Crippen LogP contribution in [0, 0.1) is 0 Å². The predicted octanol–water partition coefficient (Wildman–Crippen LogP) is 4.47. The van der Waals surface area contributed by atoms with E-state index in [0.717, 1.165) is 17.4 Å². The molecule has 1 heterocycles. The van der Waals surface area contributed by atoms with Crippen LogP contribution < -0.4 is 0 Å². The number of carbonyl (C=O) groups is 1. The van der Waals surface area contributed by atoms with Crippen LogP contribution in [0.5, 0.6) is 0 Å². The fourth-order valence-electron chi connectivity index (χ4n) is 1.86. The molecule has 2 aromatic carbocycles. The molecule has 3 rings (SSSR count). The van der Waals surface area contributed by atoms with Gasteiger partial charge in [-0.25, -0.2) is 4.98 Å². The molecule has 0 aliphatic rings. The average Bonchev–Trinajstić information content (AvgIpc) is 2.98. The molecule has 0 aliphatic heterocycles. The summed E-state index contributed by atoms with van der Waals surface area (Å²) in [6, 6.07) is 14.4. The van der Waals surface area contributed by atoms with E-state index in [4.69, 9.17) is 16.0 Å². The van der Waals surface area contributed by atoms with Crippen LogP contribution in [0.2, 0.25) is 5.02 Å². The first-order valence-electron chi connectivity index (χ1n) is 6.03. The van der Waals surface area contributed by atoms with Crippen LogP contribution in [-0.4, -0.2) is 11.3 Å². The van der Waals surface area contributed by atoms with E-state index in [1.807, 2.05) is 12.1 Å². The summed E-state index contributed by atoms with van der Waals surface area (Å²) in [5.41, 5.74) is 2.37. The quantitative estimate of drug-likeness (QED) is 0.666. The zero-order valence-electron chi connectivity index (χ0n) is 10.4. The summed E-state index contributed by atoms with van der Waals surface area (Å²) in [4.78, 5) is 14.9. The fraction of sp³-hybridized carbons (Fsp3) is 0. The van der Waals surface area contributed by atoms with E-state index in [2.05, 4.69) is 4.98 Å². The molecule has 0 bridgehead atoms. The Hall–Kier alpha value is -2.39. The Labute approximate surface area is 120 Å². The zero-order chi connectivity index (χ0) is 13.9. The Morgan fingerprint density at radius 3 is 2.25 bits per heavy atom. The maximum Gasteiger partial charge on any atom is 0.226 e. The maximum atomic E-state index is 10.6. The lowest BCUT2D eigenvalue weighted by atomic mass is 10.1.